The lowest BCUT2D eigenvalue weighted by atomic mass is 9.90. The Morgan fingerprint density at radius 3 is 2.68 bits per heavy atom. The molecule has 106 valence electrons. The minimum atomic E-state index is -0.177. The molecule has 0 spiro atoms. The summed E-state index contributed by atoms with van der Waals surface area (Å²) in [5.74, 6) is 2.25. The Morgan fingerprint density at radius 2 is 2.00 bits per heavy atom. The molecule has 2 rings (SSSR count). The molecule has 1 atom stereocenters. The molecule has 19 heavy (non-hydrogen) atoms. The zero-order valence-electron chi connectivity index (χ0n) is 11.6. The van der Waals surface area contributed by atoms with Crippen molar-refractivity contribution in [2.24, 2.45) is 5.73 Å². The van der Waals surface area contributed by atoms with Crippen LogP contribution in [-0.4, -0.2) is 41.6 Å². The molecule has 0 saturated carbocycles. The maximum Gasteiger partial charge on any atom is 0.123 e. The molecule has 0 bridgehead atoms. The second-order valence-electron chi connectivity index (χ2n) is 5.46. The molecule has 4 heteroatoms. The standard InChI is InChI=1S/C15H23FN2S/c1-15(12-17,18-7-2-9-19-10-8-18)11-13-3-5-14(16)6-4-13/h3-6H,2,7-12,17H2,1H3. The molecular weight excluding hydrogens is 259 g/mol. The topological polar surface area (TPSA) is 29.3 Å². The van der Waals surface area contributed by atoms with E-state index in [2.05, 4.69) is 11.8 Å². The van der Waals surface area contributed by atoms with Crippen LogP contribution in [0.5, 0.6) is 0 Å². The smallest absolute Gasteiger partial charge is 0.123 e. The first-order valence-electron chi connectivity index (χ1n) is 6.91. The van der Waals surface area contributed by atoms with Gasteiger partial charge in [0.1, 0.15) is 5.82 Å². The molecule has 1 fully saturated rings. The predicted molar refractivity (Wildman–Crippen MR) is 81.1 cm³/mol. The number of nitrogens with two attached hydrogens (primary N) is 1. The molecule has 1 aromatic rings. The summed E-state index contributed by atoms with van der Waals surface area (Å²) < 4.78 is 13.0. The van der Waals surface area contributed by atoms with E-state index in [0.29, 0.717) is 6.54 Å². The minimum Gasteiger partial charge on any atom is -0.329 e. The average molecular weight is 282 g/mol. The zero-order chi connectivity index (χ0) is 13.7. The number of nitrogens with zero attached hydrogens (tertiary/aromatic N) is 1. The molecule has 1 unspecified atom stereocenters. The first-order valence-corrected chi connectivity index (χ1v) is 8.07. The summed E-state index contributed by atoms with van der Waals surface area (Å²) in [6.07, 6.45) is 2.11. The Labute approximate surface area is 119 Å². The van der Waals surface area contributed by atoms with Crippen LogP contribution in [0, 0.1) is 5.82 Å². The molecule has 0 aliphatic carbocycles. The molecule has 1 aliphatic rings. The van der Waals surface area contributed by atoms with E-state index in [1.165, 1.54) is 30.1 Å². The highest BCUT2D eigenvalue weighted by molar-refractivity contribution is 7.99. The number of thioether (sulfide) groups is 1. The van der Waals surface area contributed by atoms with E-state index >= 15 is 0 Å². The van der Waals surface area contributed by atoms with Crippen molar-refractivity contribution >= 4 is 11.8 Å². The van der Waals surface area contributed by atoms with Crippen LogP contribution in [0.1, 0.15) is 18.9 Å². The third-order valence-electron chi connectivity index (χ3n) is 3.92. The lowest BCUT2D eigenvalue weighted by Crippen LogP contribution is -2.54. The van der Waals surface area contributed by atoms with Crippen LogP contribution in [0.2, 0.25) is 0 Å². The fourth-order valence-corrected chi connectivity index (χ4v) is 3.53. The van der Waals surface area contributed by atoms with Crippen molar-refractivity contribution in [1.82, 2.24) is 4.90 Å². The number of benzene rings is 1. The summed E-state index contributed by atoms with van der Waals surface area (Å²) in [5, 5.41) is 0. The van der Waals surface area contributed by atoms with Crippen molar-refractivity contribution in [1.29, 1.82) is 0 Å². The number of hydrogen-bond acceptors (Lipinski definition) is 3. The lowest BCUT2D eigenvalue weighted by molar-refractivity contribution is 0.120. The van der Waals surface area contributed by atoms with E-state index in [4.69, 9.17) is 5.73 Å². The molecule has 0 amide bonds. The van der Waals surface area contributed by atoms with Gasteiger partial charge in [-0.3, -0.25) is 4.90 Å². The molecular formula is C15H23FN2S. The quantitative estimate of drug-likeness (QED) is 0.920. The largest absolute Gasteiger partial charge is 0.329 e. The first-order chi connectivity index (χ1) is 9.14. The molecule has 0 radical (unpaired) electrons. The second kappa shape index (κ2) is 6.73. The number of halogens is 1. The van der Waals surface area contributed by atoms with Crippen molar-refractivity contribution in [2.45, 2.75) is 25.3 Å². The van der Waals surface area contributed by atoms with Gasteiger partial charge in [0, 0.05) is 24.4 Å². The normalized spacial score (nSPS) is 20.8. The highest BCUT2D eigenvalue weighted by atomic mass is 32.2. The van der Waals surface area contributed by atoms with Gasteiger partial charge in [0.25, 0.3) is 0 Å². The third-order valence-corrected chi connectivity index (χ3v) is 4.97. The van der Waals surface area contributed by atoms with Gasteiger partial charge >= 0.3 is 0 Å². The van der Waals surface area contributed by atoms with Crippen molar-refractivity contribution in [3.8, 4) is 0 Å². The summed E-state index contributed by atoms with van der Waals surface area (Å²) in [4.78, 5) is 2.51. The molecule has 2 nitrogen and oxygen atoms in total. The fraction of sp³-hybridized carbons (Fsp3) is 0.600. The van der Waals surface area contributed by atoms with Crippen LogP contribution in [0.25, 0.3) is 0 Å². The van der Waals surface area contributed by atoms with E-state index in [9.17, 15) is 4.39 Å². The zero-order valence-corrected chi connectivity index (χ0v) is 12.4. The SMILES string of the molecule is CC(CN)(Cc1ccc(F)cc1)N1CCCSCC1. The van der Waals surface area contributed by atoms with E-state index in [0.717, 1.165) is 25.1 Å². The van der Waals surface area contributed by atoms with Crippen LogP contribution in [-0.2, 0) is 6.42 Å². The van der Waals surface area contributed by atoms with Gasteiger partial charge in [-0.15, -0.1) is 0 Å². The van der Waals surface area contributed by atoms with Crippen LogP contribution in [0.4, 0.5) is 4.39 Å². The highest BCUT2D eigenvalue weighted by Crippen LogP contribution is 2.23. The Kier molecular flexibility index (Phi) is 5.25. The third kappa shape index (κ3) is 3.94. The Bertz CT molecular complexity index is 388. The monoisotopic (exact) mass is 282 g/mol. The van der Waals surface area contributed by atoms with Crippen molar-refractivity contribution < 1.29 is 4.39 Å². The van der Waals surface area contributed by atoms with Gasteiger partial charge in [0.2, 0.25) is 0 Å². The Balaban J connectivity index is 2.09. The fourth-order valence-electron chi connectivity index (χ4n) is 2.64. The average Bonchev–Trinajstić information content (AvgIpc) is 2.71. The van der Waals surface area contributed by atoms with E-state index in [1.54, 1.807) is 0 Å². The first kappa shape index (κ1) is 14.8. The second-order valence-corrected chi connectivity index (χ2v) is 6.68. The van der Waals surface area contributed by atoms with Gasteiger partial charge in [-0.05, 0) is 49.8 Å². The molecule has 1 aliphatic heterocycles. The number of rotatable bonds is 4. The van der Waals surface area contributed by atoms with Gasteiger partial charge in [0.15, 0.2) is 0 Å². The van der Waals surface area contributed by atoms with E-state index in [-0.39, 0.29) is 11.4 Å². The van der Waals surface area contributed by atoms with E-state index < -0.39 is 0 Å². The molecule has 0 aromatic heterocycles. The predicted octanol–water partition coefficient (Wildman–Crippen LogP) is 2.52. The summed E-state index contributed by atoms with van der Waals surface area (Å²) in [5.41, 5.74) is 7.18. The Morgan fingerprint density at radius 1 is 1.26 bits per heavy atom. The van der Waals surface area contributed by atoms with Crippen LogP contribution < -0.4 is 5.73 Å². The van der Waals surface area contributed by atoms with Gasteiger partial charge in [-0.25, -0.2) is 4.39 Å². The highest BCUT2D eigenvalue weighted by Gasteiger charge is 2.31. The number of hydrogen-bond donors (Lipinski definition) is 1. The lowest BCUT2D eigenvalue weighted by Gasteiger charge is -2.40. The summed E-state index contributed by atoms with van der Waals surface area (Å²) >= 11 is 2.02. The molecule has 1 heterocycles. The molecule has 1 aromatic carbocycles. The van der Waals surface area contributed by atoms with Gasteiger partial charge < -0.3 is 5.73 Å². The maximum atomic E-state index is 13.0. The van der Waals surface area contributed by atoms with Crippen molar-refractivity contribution in [2.75, 3.05) is 31.1 Å². The van der Waals surface area contributed by atoms with Crippen LogP contribution >= 0.6 is 11.8 Å². The summed E-state index contributed by atoms with van der Waals surface area (Å²) in [7, 11) is 0. The molecule has 2 N–H and O–H groups in total. The van der Waals surface area contributed by atoms with Crippen molar-refractivity contribution in [3.63, 3.8) is 0 Å². The van der Waals surface area contributed by atoms with E-state index in [1.807, 2.05) is 23.9 Å². The maximum absolute atomic E-state index is 13.0. The van der Waals surface area contributed by atoms with Gasteiger partial charge in [0.05, 0.1) is 0 Å². The van der Waals surface area contributed by atoms with Crippen LogP contribution in [0.3, 0.4) is 0 Å². The van der Waals surface area contributed by atoms with Crippen LogP contribution in [0.15, 0.2) is 24.3 Å². The van der Waals surface area contributed by atoms with Crippen molar-refractivity contribution in [3.05, 3.63) is 35.6 Å². The summed E-state index contributed by atoms with van der Waals surface area (Å²) in [6.45, 7) is 5.07. The summed E-state index contributed by atoms with van der Waals surface area (Å²) in [6, 6.07) is 6.81. The van der Waals surface area contributed by atoms with Gasteiger partial charge in [-0.1, -0.05) is 12.1 Å². The Hall–Kier alpha value is -0.580. The minimum absolute atomic E-state index is 0.0251. The van der Waals surface area contributed by atoms with Gasteiger partial charge in [-0.2, -0.15) is 11.8 Å². The molecule has 1 saturated heterocycles.